The molecule has 0 unspecified atom stereocenters. The lowest BCUT2D eigenvalue weighted by Gasteiger charge is -2.31. The number of hydrogen-bond acceptors (Lipinski definition) is 8. The van der Waals surface area contributed by atoms with Gasteiger partial charge in [0.1, 0.15) is 11.6 Å². The molecule has 164 valence electrons. The van der Waals surface area contributed by atoms with E-state index in [2.05, 4.69) is 63.5 Å². The number of benzene rings is 1. The van der Waals surface area contributed by atoms with Gasteiger partial charge < -0.3 is 15.0 Å². The molecule has 0 atom stereocenters. The summed E-state index contributed by atoms with van der Waals surface area (Å²) in [4.78, 5) is 13.2. The fourth-order valence-electron chi connectivity index (χ4n) is 3.91. The molecule has 9 nitrogen and oxygen atoms in total. The van der Waals surface area contributed by atoms with Crippen LogP contribution < -0.4 is 15.0 Å². The molecule has 3 aromatic rings. The number of anilines is 3. The van der Waals surface area contributed by atoms with Crippen LogP contribution in [-0.4, -0.2) is 49.9 Å². The fourth-order valence-corrected chi connectivity index (χ4v) is 3.91. The molecule has 0 radical (unpaired) electrons. The number of tetrazole rings is 1. The van der Waals surface area contributed by atoms with Crippen LogP contribution in [0.4, 0.5) is 17.5 Å². The van der Waals surface area contributed by atoms with Crippen molar-refractivity contribution >= 4 is 17.5 Å². The largest absolute Gasteiger partial charge is 0.494 e. The molecule has 0 amide bonds. The van der Waals surface area contributed by atoms with Gasteiger partial charge in [0.25, 0.3) is 0 Å². The first-order valence-electron chi connectivity index (χ1n) is 10.9. The van der Waals surface area contributed by atoms with Crippen LogP contribution in [0.2, 0.25) is 0 Å². The third-order valence-electron chi connectivity index (χ3n) is 5.62. The summed E-state index contributed by atoms with van der Waals surface area (Å²) in [6.45, 7) is 10.8. The average molecular weight is 423 g/mol. The SMILES string of the molecule is CCOc1cc(C)c(Nc2ccnc(N3CCC(n4ncnn4)CC3)n2)cc1C(C)C. The van der Waals surface area contributed by atoms with Gasteiger partial charge in [0.05, 0.1) is 12.6 Å². The first-order chi connectivity index (χ1) is 15.0. The topological polar surface area (TPSA) is 93.9 Å². The van der Waals surface area contributed by atoms with Crippen molar-refractivity contribution in [2.75, 3.05) is 29.9 Å². The Hall–Kier alpha value is -3.23. The summed E-state index contributed by atoms with van der Waals surface area (Å²) in [7, 11) is 0. The van der Waals surface area contributed by atoms with Crippen LogP contribution in [0.3, 0.4) is 0 Å². The van der Waals surface area contributed by atoms with E-state index in [1.165, 1.54) is 11.9 Å². The Labute approximate surface area is 182 Å². The van der Waals surface area contributed by atoms with Gasteiger partial charge in [0.15, 0.2) is 6.33 Å². The van der Waals surface area contributed by atoms with Crippen LogP contribution in [0, 0.1) is 6.92 Å². The summed E-state index contributed by atoms with van der Waals surface area (Å²) in [5, 5.41) is 15.5. The number of nitrogens with zero attached hydrogens (tertiary/aromatic N) is 7. The van der Waals surface area contributed by atoms with E-state index in [-0.39, 0.29) is 6.04 Å². The van der Waals surface area contributed by atoms with Crippen LogP contribution >= 0.6 is 0 Å². The highest BCUT2D eigenvalue weighted by molar-refractivity contribution is 5.64. The number of nitrogens with one attached hydrogen (secondary N) is 1. The second-order valence-corrected chi connectivity index (χ2v) is 8.13. The average Bonchev–Trinajstić information content (AvgIpc) is 3.31. The molecule has 0 bridgehead atoms. The molecule has 9 heteroatoms. The lowest BCUT2D eigenvalue weighted by Crippen LogP contribution is -2.36. The molecule has 31 heavy (non-hydrogen) atoms. The van der Waals surface area contributed by atoms with Crippen molar-refractivity contribution in [3.63, 3.8) is 0 Å². The highest BCUT2D eigenvalue weighted by Gasteiger charge is 2.23. The Bertz CT molecular complexity index is 997. The minimum Gasteiger partial charge on any atom is -0.494 e. The van der Waals surface area contributed by atoms with E-state index in [0.29, 0.717) is 12.5 Å². The Balaban J connectivity index is 1.48. The van der Waals surface area contributed by atoms with Crippen molar-refractivity contribution < 1.29 is 4.74 Å². The molecule has 0 spiro atoms. The zero-order chi connectivity index (χ0) is 21.8. The van der Waals surface area contributed by atoms with Gasteiger partial charge in [-0.1, -0.05) is 13.8 Å². The van der Waals surface area contributed by atoms with Crippen LogP contribution in [0.5, 0.6) is 5.75 Å². The number of ether oxygens (including phenoxy) is 1. The number of hydrogen-bond donors (Lipinski definition) is 1. The Kier molecular flexibility index (Phi) is 6.29. The molecular weight excluding hydrogens is 392 g/mol. The lowest BCUT2D eigenvalue weighted by molar-refractivity contribution is 0.326. The normalized spacial score (nSPS) is 14.8. The minimum absolute atomic E-state index is 0.279. The van der Waals surface area contributed by atoms with Gasteiger partial charge in [0, 0.05) is 25.0 Å². The van der Waals surface area contributed by atoms with E-state index >= 15 is 0 Å². The quantitative estimate of drug-likeness (QED) is 0.613. The van der Waals surface area contributed by atoms with Gasteiger partial charge in [-0.3, -0.25) is 0 Å². The van der Waals surface area contributed by atoms with E-state index < -0.39 is 0 Å². The molecule has 1 N–H and O–H groups in total. The summed E-state index contributed by atoms with van der Waals surface area (Å²) in [6, 6.07) is 6.46. The molecule has 0 aliphatic carbocycles. The molecule has 1 fully saturated rings. The first kappa shape index (κ1) is 21.0. The maximum atomic E-state index is 5.84. The maximum absolute atomic E-state index is 5.84. The van der Waals surface area contributed by atoms with Crippen molar-refractivity contribution in [3.05, 3.63) is 41.9 Å². The van der Waals surface area contributed by atoms with Crippen molar-refractivity contribution in [3.8, 4) is 5.75 Å². The second-order valence-electron chi connectivity index (χ2n) is 8.13. The summed E-state index contributed by atoms with van der Waals surface area (Å²) < 4.78 is 5.84. The second kappa shape index (κ2) is 9.28. The van der Waals surface area contributed by atoms with Crippen molar-refractivity contribution in [2.24, 2.45) is 0 Å². The highest BCUT2D eigenvalue weighted by atomic mass is 16.5. The molecule has 4 rings (SSSR count). The number of rotatable bonds is 7. The molecular formula is C22H30N8O. The zero-order valence-electron chi connectivity index (χ0n) is 18.6. The minimum atomic E-state index is 0.279. The van der Waals surface area contributed by atoms with Gasteiger partial charge in [-0.15, -0.1) is 10.2 Å². The molecule has 0 saturated carbocycles. The lowest BCUT2D eigenvalue weighted by atomic mass is 9.99. The van der Waals surface area contributed by atoms with Crippen LogP contribution in [0.1, 0.15) is 56.7 Å². The highest BCUT2D eigenvalue weighted by Crippen LogP contribution is 2.33. The molecule has 1 saturated heterocycles. The van der Waals surface area contributed by atoms with Gasteiger partial charge in [0.2, 0.25) is 5.95 Å². The third kappa shape index (κ3) is 4.76. The molecule has 3 heterocycles. The maximum Gasteiger partial charge on any atom is 0.227 e. The Morgan fingerprint density at radius 1 is 1.23 bits per heavy atom. The molecule has 1 aliphatic rings. The van der Waals surface area contributed by atoms with E-state index in [0.717, 1.165) is 54.7 Å². The number of piperidine rings is 1. The van der Waals surface area contributed by atoms with Crippen LogP contribution in [0.15, 0.2) is 30.7 Å². The van der Waals surface area contributed by atoms with Crippen LogP contribution in [0.25, 0.3) is 0 Å². The first-order valence-corrected chi connectivity index (χ1v) is 10.9. The Morgan fingerprint density at radius 2 is 2.03 bits per heavy atom. The van der Waals surface area contributed by atoms with Crippen LogP contribution in [-0.2, 0) is 0 Å². The van der Waals surface area contributed by atoms with E-state index in [1.807, 2.05) is 19.2 Å². The van der Waals surface area contributed by atoms with Crippen molar-refractivity contribution in [2.45, 2.75) is 52.5 Å². The molecule has 1 aliphatic heterocycles. The number of aromatic nitrogens is 6. The Morgan fingerprint density at radius 3 is 2.71 bits per heavy atom. The molecule has 1 aromatic carbocycles. The standard InChI is InChI=1S/C22H30N8O/c1-5-31-20-12-16(4)19(13-18(20)15(2)3)26-21-6-9-23-22(27-21)29-10-7-17(8-11-29)30-25-14-24-28-30/h6,9,12-15,17H,5,7-8,10-11H2,1-4H3,(H,23,26,27). The zero-order valence-corrected chi connectivity index (χ0v) is 18.6. The fraction of sp³-hybridized carbons (Fsp3) is 0.500. The summed E-state index contributed by atoms with van der Waals surface area (Å²) in [6.07, 6.45) is 5.17. The van der Waals surface area contributed by atoms with Gasteiger partial charge in [-0.2, -0.15) is 9.78 Å². The number of aryl methyl sites for hydroxylation is 1. The summed E-state index contributed by atoms with van der Waals surface area (Å²) >= 11 is 0. The summed E-state index contributed by atoms with van der Waals surface area (Å²) in [5.41, 5.74) is 3.34. The molecule has 2 aromatic heterocycles. The van der Waals surface area contributed by atoms with Gasteiger partial charge in [-0.05, 0) is 67.1 Å². The van der Waals surface area contributed by atoms with Crippen molar-refractivity contribution in [1.29, 1.82) is 0 Å². The van der Waals surface area contributed by atoms with Gasteiger partial charge >= 0.3 is 0 Å². The van der Waals surface area contributed by atoms with E-state index in [4.69, 9.17) is 9.72 Å². The monoisotopic (exact) mass is 422 g/mol. The third-order valence-corrected chi connectivity index (χ3v) is 5.62. The summed E-state index contributed by atoms with van der Waals surface area (Å²) in [5.74, 6) is 2.84. The van der Waals surface area contributed by atoms with E-state index in [1.54, 1.807) is 4.80 Å². The smallest absolute Gasteiger partial charge is 0.227 e. The van der Waals surface area contributed by atoms with Crippen molar-refractivity contribution in [1.82, 2.24) is 30.2 Å². The predicted octanol–water partition coefficient (Wildman–Crippen LogP) is 3.88. The predicted molar refractivity (Wildman–Crippen MR) is 120 cm³/mol. The van der Waals surface area contributed by atoms with Gasteiger partial charge in [-0.25, -0.2) is 4.98 Å². The van der Waals surface area contributed by atoms with E-state index in [9.17, 15) is 0 Å².